The average molecular weight is 350 g/mol. The van der Waals surface area contributed by atoms with E-state index in [1.165, 1.54) is 0 Å². The Labute approximate surface area is 147 Å². The van der Waals surface area contributed by atoms with Gasteiger partial charge in [-0.1, -0.05) is 20.8 Å². The lowest BCUT2D eigenvalue weighted by molar-refractivity contribution is -0.137. The molecular formula is C18H26N2O5. The number of ether oxygens (including phenoxy) is 1. The molecule has 0 unspecified atom stereocenters. The van der Waals surface area contributed by atoms with Crippen LogP contribution >= 0.6 is 0 Å². The van der Waals surface area contributed by atoms with Crippen LogP contribution in [0, 0.1) is 5.41 Å². The van der Waals surface area contributed by atoms with Gasteiger partial charge in [0.05, 0.1) is 13.2 Å². The first-order chi connectivity index (χ1) is 11.7. The van der Waals surface area contributed by atoms with Crippen molar-refractivity contribution >= 4 is 23.5 Å². The number of hydrogen-bond donors (Lipinski definition) is 3. The lowest BCUT2D eigenvalue weighted by atomic mass is 9.92. The van der Waals surface area contributed by atoms with Gasteiger partial charge in [-0.3, -0.25) is 14.4 Å². The predicted octanol–water partition coefficient (Wildman–Crippen LogP) is 2.42. The van der Waals surface area contributed by atoms with Crippen molar-refractivity contribution in [2.75, 3.05) is 18.5 Å². The molecule has 0 saturated carbocycles. The minimum absolute atomic E-state index is 0.0646. The lowest BCUT2D eigenvalue weighted by Gasteiger charge is -2.17. The molecule has 2 amide bonds. The second-order valence-corrected chi connectivity index (χ2v) is 6.93. The van der Waals surface area contributed by atoms with Gasteiger partial charge in [0.25, 0.3) is 0 Å². The Morgan fingerprint density at radius 1 is 1.08 bits per heavy atom. The molecule has 0 saturated heterocycles. The molecule has 0 spiro atoms. The molecule has 0 atom stereocenters. The van der Waals surface area contributed by atoms with Gasteiger partial charge in [0.2, 0.25) is 11.8 Å². The second kappa shape index (κ2) is 9.66. The van der Waals surface area contributed by atoms with Gasteiger partial charge < -0.3 is 20.5 Å². The fourth-order valence-electron chi connectivity index (χ4n) is 1.98. The van der Waals surface area contributed by atoms with Gasteiger partial charge >= 0.3 is 5.97 Å². The number of amides is 2. The maximum absolute atomic E-state index is 11.8. The summed E-state index contributed by atoms with van der Waals surface area (Å²) in [6.45, 7) is 6.11. The zero-order valence-electron chi connectivity index (χ0n) is 14.9. The van der Waals surface area contributed by atoms with E-state index in [2.05, 4.69) is 10.6 Å². The topological polar surface area (TPSA) is 105 Å². The molecule has 0 aromatic heterocycles. The Balaban J connectivity index is 2.33. The van der Waals surface area contributed by atoms with E-state index >= 15 is 0 Å². The number of hydrogen-bond acceptors (Lipinski definition) is 4. The summed E-state index contributed by atoms with van der Waals surface area (Å²) in [7, 11) is 0. The number of carbonyl (C=O) groups is 3. The predicted molar refractivity (Wildman–Crippen MR) is 94.5 cm³/mol. The van der Waals surface area contributed by atoms with Crippen molar-refractivity contribution in [1.29, 1.82) is 0 Å². The molecule has 138 valence electrons. The van der Waals surface area contributed by atoms with Crippen LogP contribution in [0.15, 0.2) is 24.3 Å². The monoisotopic (exact) mass is 350 g/mol. The summed E-state index contributed by atoms with van der Waals surface area (Å²) in [6, 6.07) is 6.74. The standard InChI is InChI=1S/C18H26N2O5/c1-18(2,3)11-15(21)19-12-16(22)20-13-6-8-14(9-7-13)25-10-4-5-17(23)24/h6-9H,4-5,10-12H2,1-3H3,(H,19,21)(H,20,22)(H,23,24). The van der Waals surface area contributed by atoms with Crippen LogP contribution in [0.1, 0.15) is 40.0 Å². The van der Waals surface area contributed by atoms with Crippen LogP contribution in [0.3, 0.4) is 0 Å². The molecule has 1 aromatic carbocycles. The van der Waals surface area contributed by atoms with Gasteiger partial charge in [-0.25, -0.2) is 0 Å². The smallest absolute Gasteiger partial charge is 0.303 e. The van der Waals surface area contributed by atoms with Crippen LogP contribution in [0.2, 0.25) is 0 Å². The maximum atomic E-state index is 11.8. The largest absolute Gasteiger partial charge is 0.494 e. The molecule has 0 aliphatic carbocycles. The highest BCUT2D eigenvalue weighted by molar-refractivity contribution is 5.94. The molecule has 0 bridgehead atoms. The van der Waals surface area contributed by atoms with Crippen molar-refractivity contribution in [3.8, 4) is 5.75 Å². The molecule has 1 aromatic rings. The van der Waals surface area contributed by atoms with Crippen molar-refractivity contribution in [3.63, 3.8) is 0 Å². The van der Waals surface area contributed by atoms with Crippen molar-refractivity contribution < 1.29 is 24.2 Å². The second-order valence-electron chi connectivity index (χ2n) is 6.93. The third kappa shape index (κ3) is 10.0. The van der Waals surface area contributed by atoms with Gasteiger partial charge in [0.1, 0.15) is 5.75 Å². The first-order valence-electron chi connectivity index (χ1n) is 8.17. The highest BCUT2D eigenvalue weighted by Crippen LogP contribution is 2.18. The van der Waals surface area contributed by atoms with E-state index in [9.17, 15) is 14.4 Å². The van der Waals surface area contributed by atoms with Crippen molar-refractivity contribution in [3.05, 3.63) is 24.3 Å². The number of carboxylic acid groups (broad SMARTS) is 1. The molecule has 0 heterocycles. The van der Waals surface area contributed by atoms with Crippen LogP contribution in [0.5, 0.6) is 5.75 Å². The summed E-state index contributed by atoms with van der Waals surface area (Å²) < 4.78 is 5.41. The highest BCUT2D eigenvalue weighted by Gasteiger charge is 2.16. The zero-order valence-corrected chi connectivity index (χ0v) is 14.9. The number of anilines is 1. The summed E-state index contributed by atoms with van der Waals surface area (Å²) in [5.74, 6) is -0.719. The minimum atomic E-state index is -0.851. The Hall–Kier alpha value is -2.57. The molecule has 0 fully saturated rings. The number of aliphatic carboxylic acids is 1. The molecule has 0 aliphatic rings. The normalized spacial score (nSPS) is 10.8. The van der Waals surface area contributed by atoms with Crippen LogP contribution in [0.25, 0.3) is 0 Å². The van der Waals surface area contributed by atoms with Crippen LogP contribution in [-0.4, -0.2) is 36.0 Å². The van der Waals surface area contributed by atoms with Crippen LogP contribution < -0.4 is 15.4 Å². The van der Waals surface area contributed by atoms with Gasteiger partial charge in [-0.2, -0.15) is 0 Å². The summed E-state index contributed by atoms with van der Waals surface area (Å²) in [6.07, 6.45) is 0.853. The summed E-state index contributed by atoms with van der Waals surface area (Å²) in [5, 5.41) is 13.8. The molecule has 7 nitrogen and oxygen atoms in total. The molecule has 0 radical (unpaired) electrons. The first kappa shape index (κ1) is 20.5. The Morgan fingerprint density at radius 3 is 2.28 bits per heavy atom. The van der Waals surface area contributed by atoms with E-state index in [1.54, 1.807) is 24.3 Å². The Bertz CT molecular complexity index is 590. The van der Waals surface area contributed by atoms with Crippen molar-refractivity contribution in [2.45, 2.75) is 40.0 Å². The van der Waals surface area contributed by atoms with E-state index < -0.39 is 5.97 Å². The van der Waals surface area contributed by atoms with E-state index in [-0.39, 0.29) is 30.2 Å². The molecule has 1 rings (SSSR count). The van der Waals surface area contributed by atoms with E-state index in [0.717, 1.165) is 0 Å². The average Bonchev–Trinajstić information content (AvgIpc) is 2.49. The van der Waals surface area contributed by atoms with Crippen LogP contribution in [-0.2, 0) is 14.4 Å². The Morgan fingerprint density at radius 2 is 1.72 bits per heavy atom. The third-order valence-electron chi connectivity index (χ3n) is 3.08. The molecule has 0 aliphatic heterocycles. The SMILES string of the molecule is CC(C)(C)CC(=O)NCC(=O)Nc1ccc(OCCCC(=O)O)cc1. The maximum Gasteiger partial charge on any atom is 0.303 e. The quantitative estimate of drug-likeness (QED) is 0.593. The molecular weight excluding hydrogens is 324 g/mol. The van der Waals surface area contributed by atoms with E-state index in [4.69, 9.17) is 9.84 Å². The Kier molecular flexibility index (Phi) is 7.91. The zero-order chi connectivity index (χ0) is 18.9. The summed E-state index contributed by atoms with van der Waals surface area (Å²) in [4.78, 5) is 33.9. The van der Waals surface area contributed by atoms with Crippen molar-refractivity contribution in [1.82, 2.24) is 5.32 Å². The van der Waals surface area contributed by atoms with Gasteiger partial charge in [-0.05, 0) is 36.1 Å². The first-order valence-corrected chi connectivity index (χ1v) is 8.17. The van der Waals surface area contributed by atoms with Crippen LogP contribution in [0.4, 0.5) is 5.69 Å². The van der Waals surface area contributed by atoms with Gasteiger partial charge in [0, 0.05) is 18.5 Å². The number of carboxylic acids is 1. The summed E-state index contributed by atoms with van der Waals surface area (Å²) in [5.41, 5.74) is 0.467. The number of carbonyl (C=O) groups excluding carboxylic acids is 2. The van der Waals surface area contributed by atoms with E-state index in [0.29, 0.717) is 30.9 Å². The fraction of sp³-hybridized carbons (Fsp3) is 0.500. The highest BCUT2D eigenvalue weighted by atomic mass is 16.5. The number of nitrogens with one attached hydrogen (secondary N) is 2. The number of benzene rings is 1. The van der Waals surface area contributed by atoms with Crippen molar-refractivity contribution in [2.24, 2.45) is 5.41 Å². The summed E-state index contributed by atoms with van der Waals surface area (Å²) >= 11 is 0. The minimum Gasteiger partial charge on any atom is -0.494 e. The van der Waals surface area contributed by atoms with Gasteiger partial charge in [0.15, 0.2) is 0 Å². The van der Waals surface area contributed by atoms with Gasteiger partial charge in [-0.15, -0.1) is 0 Å². The molecule has 25 heavy (non-hydrogen) atoms. The fourth-order valence-corrected chi connectivity index (χ4v) is 1.98. The number of rotatable bonds is 9. The third-order valence-corrected chi connectivity index (χ3v) is 3.08. The molecule has 7 heteroatoms. The lowest BCUT2D eigenvalue weighted by Crippen LogP contribution is -2.34. The molecule has 3 N–H and O–H groups in total. The van der Waals surface area contributed by atoms with E-state index in [1.807, 2.05) is 20.8 Å².